The second kappa shape index (κ2) is 7.89. The minimum absolute atomic E-state index is 0.0149. The summed E-state index contributed by atoms with van der Waals surface area (Å²) in [5.41, 5.74) is 2.28. The Labute approximate surface area is 127 Å². The number of anilines is 1. The first-order valence-corrected chi connectivity index (χ1v) is 8.43. The van der Waals surface area contributed by atoms with Crippen molar-refractivity contribution in [3.63, 3.8) is 0 Å². The van der Waals surface area contributed by atoms with E-state index in [-0.39, 0.29) is 23.9 Å². The molecule has 1 heterocycles. The first-order valence-electron chi connectivity index (χ1n) is 6.20. The minimum atomic E-state index is -3.76. The van der Waals surface area contributed by atoms with Crippen molar-refractivity contribution in [3.05, 3.63) is 16.7 Å². The molecule has 7 nitrogen and oxygen atoms in total. The first kappa shape index (κ1) is 17.3. The van der Waals surface area contributed by atoms with E-state index in [0.717, 1.165) is 6.42 Å². The number of aliphatic hydroxyl groups is 1. The van der Waals surface area contributed by atoms with Gasteiger partial charge in [0.1, 0.15) is 4.90 Å². The molecule has 4 N–H and O–H groups in total. The van der Waals surface area contributed by atoms with E-state index in [1.165, 1.54) is 16.6 Å². The summed E-state index contributed by atoms with van der Waals surface area (Å²) >= 11 is 3.20. The molecular weight excluding hydrogens is 348 g/mol. The fourth-order valence-electron chi connectivity index (χ4n) is 1.66. The third-order valence-corrected chi connectivity index (χ3v) is 5.03. The van der Waals surface area contributed by atoms with Crippen LogP contribution < -0.4 is 11.3 Å². The fourth-order valence-corrected chi connectivity index (χ4v) is 3.75. The number of rotatable bonds is 8. The van der Waals surface area contributed by atoms with Crippen molar-refractivity contribution in [2.45, 2.75) is 24.7 Å². The highest BCUT2D eigenvalue weighted by Gasteiger charge is 2.27. The summed E-state index contributed by atoms with van der Waals surface area (Å²) in [5, 5.41) is 9.06. The highest BCUT2D eigenvalue weighted by molar-refractivity contribution is 9.10. The molecule has 0 atom stereocenters. The van der Waals surface area contributed by atoms with Crippen molar-refractivity contribution in [3.8, 4) is 0 Å². The zero-order chi connectivity index (χ0) is 15.2. The summed E-state index contributed by atoms with van der Waals surface area (Å²) in [6.45, 7) is 2.11. The number of halogens is 1. The molecule has 0 saturated carbocycles. The van der Waals surface area contributed by atoms with Crippen LogP contribution in [0.4, 0.5) is 5.82 Å². The number of hydrazine groups is 1. The molecule has 1 aromatic rings. The summed E-state index contributed by atoms with van der Waals surface area (Å²) in [7, 11) is -3.76. The van der Waals surface area contributed by atoms with Crippen LogP contribution in [-0.4, -0.2) is 42.5 Å². The van der Waals surface area contributed by atoms with Gasteiger partial charge in [-0.25, -0.2) is 19.2 Å². The van der Waals surface area contributed by atoms with Gasteiger partial charge in [0.05, 0.1) is 6.61 Å². The Kier molecular flexibility index (Phi) is 6.83. The van der Waals surface area contributed by atoms with Crippen LogP contribution in [0.5, 0.6) is 0 Å². The van der Waals surface area contributed by atoms with Gasteiger partial charge in [-0.1, -0.05) is 13.3 Å². The number of pyridine rings is 1. The molecule has 0 amide bonds. The number of unbranched alkanes of at least 4 members (excludes halogenated alkanes) is 1. The lowest BCUT2D eigenvalue weighted by Gasteiger charge is -2.22. The zero-order valence-electron chi connectivity index (χ0n) is 11.2. The maximum Gasteiger partial charge on any atom is 0.246 e. The lowest BCUT2D eigenvalue weighted by molar-refractivity contribution is 0.252. The largest absolute Gasteiger partial charge is 0.395 e. The van der Waals surface area contributed by atoms with Gasteiger partial charge in [-0.2, -0.15) is 4.31 Å². The Morgan fingerprint density at radius 2 is 2.20 bits per heavy atom. The summed E-state index contributed by atoms with van der Waals surface area (Å²) < 4.78 is 27.0. The molecule has 114 valence electrons. The van der Waals surface area contributed by atoms with Gasteiger partial charge in [-0.3, -0.25) is 0 Å². The maximum atomic E-state index is 12.6. The van der Waals surface area contributed by atoms with Gasteiger partial charge >= 0.3 is 0 Å². The predicted molar refractivity (Wildman–Crippen MR) is 80.5 cm³/mol. The summed E-state index contributed by atoms with van der Waals surface area (Å²) in [6, 6.07) is 1.44. The molecule has 0 saturated heterocycles. The van der Waals surface area contributed by atoms with Gasteiger partial charge in [0.2, 0.25) is 10.0 Å². The smallest absolute Gasteiger partial charge is 0.246 e. The second-order valence-corrected chi connectivity index (χ2v) is 6.95. The maximum absolute atomic E-state index is 12.6. The molecule has 0 unspecified atom stereocenters. The molecule has 0 aromatic carbocycles. The molecule has 0 spiro atoms. The average Bonchev–Trinajstić information content (AvgIpc) is 2.43. The van der Waals surface area contributed by atoms with Crippen LogP contribution in [0.15, 0.2) is 21.6 Å². The van der Waals surface area contributed by atoms with Crippen LogP contribution in [0.3, 0.4) is 0 Å². The number of aliphatic hydroxyl groups excluding tert-OH is 1. The number of nitrogen functional groups attached to an aromatic ring is 1. The van der Waals surface area contributed by atoms with Crippen LogP contribution in [0.2, 0.25) is 0 Å². The Morgan fingerprint density at radius 3 is 2.75 bits per heavy atom. The van der Waals surface area contributed by atoms with Crippen molar-refractivity contribution in [2.75, 3.05) is 25.1 Å². The van der Waals surface area contributed by atoms with Crippen LogP contribution in [0.1, 0.15) is 19.8 Å². The number of hydrogen-bond acceptors (Lipinski definition) is 6. The van der Waals surface area contributed by atoms with E-state index < -0.39 is 10.0 Å². The normalized spacial score (nSPS) is 11.8. The van der Waals surface area contributed by atoms with E-state index in [1.807, 2.05) is 6.92 Å². The Balaban J connectivity index is 3.21. The fraction of sp³-hybridized carbons (Fsp3) is 0.545. The van der Waals surface area contributed by atoms with Gasteiger partial charge in [0.15, 0.2) is 5.82 Å². The standard InChI is InChI=1S/C11H19BrN4O3S/c1-2-3-4-16(5-6-17)20(18,19)10-7-9(12)8-14-11(10)15-13/h7-8,17H,2-6,13H2,1H3,(H,14,15). The summed E-state index contributed by atoms with van der Waals surface area (Å²) in [5.74, 6) is 5.39. The van der Waals surface area contributed by atoms with E-state index in [2.05, 4.69) is 26.3 Å². The third-order valence-electron chi connectivity index (χ3n) is 2.68. The van der Waals surface area contributed by atoms with Crippen molar-refractivity contribution < 1.29 is 13.5 Å². The first-order chi connectivity index (χ1) is 9.47. The molecule has 0 aliphatic carbocycles. The second-order valence-electron chi connectivity index (χ2n) is 4.13. The molecule has 0 aliphatic heterocycles. The highest BCUT2D eigenvalue weighted by atomic mass is 79.9. The molecule has 0 aliphatic rings. The number of sulfonamides is 1. The molecule has 1 aromatic heterocycles. The number of aromatic nitrogens is 1. The number of nitrogens with one attached hydrogen (secondary N) is 1. The number of nitrogens with two attached hydrogens (primary N) is 1. The van der Waals surface area contributed by atoms with Gasteiger partial charge in [-0.05, 0) is 28.4 Å². The van der Waals surface area contributed by atoms with Crippen molar-refractivity contribution >= 4 is 31.8 Å². The van der Waals surface area contributed by atoms with Gasteiger partial charge in [-0.15, -0.1) is 0 Å². The van der Waals surface area contributed by atoms with E-state index in [4.69, 9.17) is 10.9 Å². The van der Waals surface area contributed by atoms with Crippen molar-refractivity contribution in [1.82, 2.24) is 9.29 Å². The topological polar surface area (TPSA) is 109 Å². The molecule has 20 heavy (non-hydrogen) atoms. The molecule has 0 radical (unpaired) electrons. The Hall–Kier alpha value is -0.740. The molecule has 0 fully saturated rings. The molecule has 9 heteroatoms. The average molecular weight is 367 g/mol. The lowest BCUT2D eigenvalue weighted by atomic mass is 10.3. The van der Waals surface area contributed by atoms with Crippen LogP contribution >= 0.6 is 15.9 Å². The number of nitrogens with zero attached hydrogens (tertiary/aromatic N) is 2. The lowest BCUT2D eigenvalue weighted by Crippen LogP contribution is -2.35. The van der Waals surface area contributed by atoms with Crippen LogP contribution in [0.25, 0.3) is 0 Å². The van der Waals surface area contributed by atoms with Gasteiger partial charge in [0.25, 0.3) is 0 Å². The van der Waals surface area contributed by atoms with Crippen molar-refractivity contribution in [1.29, 1.82) is 0 Å². The summed E-state index contributed by atoms with van der Waals surface area (Å²) in [4.78, 5) is 3.92. The highest BCUT2D eigenvalue weighted by Crippen LogP contribution is 2.25. The van der Waals surface area contributed by atoms with Gasteiger partial charge < -0.3 is 10.5 Å². The molecular formula is C11H19BrN4O3S. The molecule has 0 bridgehead atoms. The Bertz CT molecular complexity index is 538. The third kappa shape index (κ3) is 4.13. The van der Waals surface area contributed by atoms with Crippen LogP contribution in [0, 0.1) is 0 Å². The Morgan fingerprint density at radius 1 is 1.50 bits per heavy atom. The monoisotopic (exact) mass is 366 g/mol. The predicted octanol–water partition coefficient (Wildman–Crippen LogP) is 0.913. The van der Waals surface area contributed by atoms with E-state index in [9.17, 15) is 8.42 Å². The van der Waals surface area contributed by atoms with Crippen LogP contribution in [-0.2, 0) is 10.0 Å². The summed E-state index contributed by atoms with van der Waals surface area (Å²) in [6.07, 6.45) is 3.03. The quantitative estimate of drug-likeness (QED) is 0.466. The zero-order valence-corrected chi connectivity index (χ0v) is 13.6. The van der Waals surface area contributed by atoms with E-state index in [0.29, 0.717) is 17.4 Å². The molecule has 1 rings (SSSR count). The SMILES string of the molecule is CCCCN(CCO)S(=O)(=O)c1cc(Br)cnc1NN. The van der Waals surface area contributed by atoms with E-state index in [1.54, 1.807) is 0 Å². The van der Waals surface area contributed by atoms with E-state index >= 15 is 0 Å². The van der Waals surface area contributed by atoms with Gasteiger partial charge in [0, 0.05) is 23.8 Å². The number of hydrogen-bond donors (Lipinski definition) is 3. The van der Waals surface area contributed by atoms with Crippen molar-refractivity contribution in [2.24, 2.45) is 5.84 Å². The minimum Gasteiger partial charge on any atom is -0.395 e.